The first-order valence-corrected chi connectivity index (χ1v) is 9.59. The van der Waals surface area contributed by atoms with Crippen LogP contribution >= 0.6 is 28.4 Å². The first-order valence-electron chi connectivity index (χ1n) is 5.53. The molecular weight excluding hydrogens is 360 g/mol. The molecule has 96 valence electrons. The Hall–Kier alpha value is -0.930. The zero-order chi connectivity index (χ0) is 13.5. The summed E-state index contributed by atoms with van der Waals surface area (Å²) in [5.41, 5.74) is 1.59. The van der Waals surface area contributed by atoms with E-state index in [2.05, 4.69) is 48.2 Å². The van der Waals surface area contributed by atoms with Crippen molar-refractivity contribution >= 4 is 45.4 Å². The van der Waals surface area contributed by atoms with Gasteiger partial charge in [0.2, 0.25) is 0 Å². The molecule has 5 nitrogen and oxygen atoms in total. The van der Waals surface area contributed by atoms with Crippen LogP contribution in [0.5, 0.6) is 0 Å². The van der Waals surface area contributed by atoms with Gasteiger partial charge in [0.25, 0.3) is 0 Å². The normalized spacial score (nSPS) is 11.9. The van der Waals surface area contributed by atoms with Gasteiger partial charge in [-0.1, -0.05) is 19.8 Å². The number of fused-ring (bicyclic) bond motifs is 1. The van der Waals surface area contributed by atoms with E-state index in [-0.39, 0.29) is 6.04 Å². The number of aromatic nitrogens is 4. The number of terminal acetylenes is 1. The number of hydrogen-bond donors (Lipinski definition) is 1. The van der Waals surface area contributed by atoms with Crippen molar-refractivity contribution in [3.05, 3.63) is 12.7 Å². The second-order valence-corrected chi connectivity index (χ2v) is 5.22. The van der Waals surface area contributed by atoms with Crippen LogP contribution in [0.2, 0.25) is 0 Å². The number of hydrogen-bond acceptors (Lipinski definition) is 4. The Morgan fingerprint density at radius 2 is 2.17 bits per heavy atom. The molecule has 1 N–H and O–H groups in total. The Labute approximate surface area is 122 Å². The second-order valence-electron chi connectivity index (χ2n) is 3.13. The summed E-state index contributed by atoms with van der Waals surface area (Å²) in [4.78, 5) is 12.6. The van der Waals surface area contributed by atoms with E-state index in [0.717, 1.165) is 11.2 Å². The van der Waals surface area contributed by atoms with E-state index in [4.69, 9.17) is 6.42 Å². The van der Waals surface area contributed by atoms with Crippen molar-refractivity contribution in [2.24, 2.45) is 0 Å². The van der Waals surface area contributed by atoms with E-state index < -0.39 is 0 Å². The Balaban J connectivity index is 0.000000771. The first kappa shape index (κ1) is 15.1. The molecule has 0 fully saturated rings. The van der Waals surface area contributed by atoms with Crippen LogP contribution in [0.3, 0.4) is 0 Å². The summed E-state index contributed by atoms with van der Waals surface area (Å²) in [5.74, 6) is 3.28. The topological polar surface area (TPSA) is 55.6 Å². The summed E-state index contributed by atoms with van der Waals surface area (Å²) in [7, 11) is 0. The molecule has 18 heavy (non-hydrogen) atoms. The molecule has 2 rings (SSSR count). The van der Waals surface area contributed by atoms with Gasteiger partial charge >= 0.3 is 0 Å². The lowest BCUT2D eigenvalue weighted by Gasteiger charge is -2.07. The van der Waals surface area contributed by atoms with Gasteiger partial charge in [-0.15, -0.1) is 6.42 Å². The third kappa shape index (κ3) is 3.30. The zero-order valence-corrected chi connectivity index (χ0v) is 13.6. The summed E-state index contributed by atoms with van der Waals surface area (Å²) < 4.78 is 1.98. The quantitative estimate of drug-likeness (QED) is 0.509. The molecule has 0 saturated carbocycles. The van der Waals surface area contributed by atoms with Gasteiger partial charge in [0.05, 0.1) is 12.4 Å². The third-order valence-corrected chi connectivity index (χ3v) is 4.10. The summed E-state index contributed by atoms with van der Waals surface area (Å²) >= 11 is 2.28. The van der Waals surface area contributed by atoms with Crippen molar-refractivity contribution in [3.8, 4) is 12.3 Å². The summed E-state index contributed by atoms with van der Waals surface area (Å²) in [6, 6.07) is -0.0784. The van der Waals surface area contributed by atoms with Gasteiger partial charge < -0.3 is 5.32 Å². The maximum absolute atomic E-state index is 5.31. The molecule has 0 radical (unpaired) electrons. The Morgan fingerprint density at radius 3 is 2.78 bits per heavy atom. The van der Waals surface area contributed by atoms with E-state index >= 15 is 0 Å². The highest BCUT2D eigenvalue weighted by molar-refractivity contribution is 14.2. The van der Waals surface area contributed by atoms with Crippen LogP contribution in [0.1, 0.15) is 20.8 Å². The van der Waals surface area contributed by atoms with E-state index in [0.29, 0.717) is 12.2 Å². The van der Waals surface area contributed by atoms with Gasteiger partial charge in [-0.2, -0.15) is 0 Å². The zero-order valence-electron chi connectivity index (χ0n) is 10.5. The molecule has 0 bridgehead atoms. The lowest BCUT2D eigenvalue weighted by Crippen LogP contribution is -2.13. The van der Waals surface area contributed by atoms with Gasteiger partial charge in [-0.25, -0.2) is 15.0 Å². The van der Waals surface area contributed by atoms with Gasteiger partial charge in [0.15, 0.2) is 17.0 Å². The number of halogens is 1. The van der Waals surface area contributed by atoms with Crippen molar-refractivity contribution in [2.75, 3.05) is 5.32 Å². The van der Waals surface area contributed by atoms with E-state index in [9.17, 15) is 0 Å². The highest BCUT2D eigenvalue weighted by atomic mass is 127. The van der Waals surface area contributed by atoms with Gasteiger partial charge in [0.1, 0.15) is 12.7 Å². The van der Waals surface area contributed by atoms with Crippen LogP contribution in [-0.2, 0) is 0 Å². The van der Waals surface area contributed by atoms with Crippen molar-refractivity contribution in [1.82, 2.24) is 19.3 Å². The Kier molecular flexibility index (Phi) is 6.30. The fourth-order valence-electron chi connectivity index (χ4n) is 1.25. The Bertz CT molecular complexity index is 548. The highest BCUT2D eigenvalue weighted by Crippen LogP contribution is 2.29. The van der Waals surface area contributed by atoms with Gasteiger partial charge in [-0.05, 0) is 29.0 Å². The minimum Gasteiger partial charge on any atom is -0.355 e. The minimum atomic E-state index is -0.0784. The van der Waals surface area contributed by atoms with E-state index in [1.54, 1.807) is 6.33 Å². The summed E-state index contributed by atoms with van der Waals surface area (Å²) in [6.07, 6.45) is 9.16. The fraction of sp³-hybridized carbons (Fsp3) is 0.364. The second kappa shape index (κ2) is 7.49. The average molecular weight is 375 g/mol. The molecule has 2 heterocycles. The smallest absolute Gasteiger partial charge is 0.169 e. The molecule has 2 unspecified atom stereocenters. The van der Waals surface area contributed by atoms with E-state index in [1.807, 2.05) is 25.1 Å². The molecule has 7 heteroatoms. The number of anilines is 1. The largest absolute Gasteiger partial charge is 0.355 e. The molecule has 0 aliphatic carbocycles. The average Bonchev–Trinajstić information content (AvgIpc) is 2.85. The van der Waals surface area contributed by atoms with Crippen molar-refractivity contribution in [2.45, 2.75) is 26.8 Å². The molecule has 0 aliphatic rings. The summed E-state index contributed by atoms with van der Waals surface area (Å²) in [5, 5.41) is 3.11. The predicted molar refractivity (Wildman–Crippen MR) is 86.3 cm³/mol. The number of imidazole rings is 1. The predicted octanol–water partition coefficient (Wildman–Crippen LogP) is 3.08. The standard InChI is InChI=1S/C9H9IN5P.C2H6/c1-3-6(2)14-8-7-9(12-4-11-8)15(16-10)5-13-7;1-2/h1,4-6,16H,2H3,(H,11,12,14);1-2H3. The number of nitrogens with one attached hydrogen (secondary N) is 1. The van der Waals surface area contributed by atoms with Crippen LogP contribution in [0.25, 0.3) is 11.2 Å². The molecule has 0 amide bonds. The first-order chi connectivity index (χ1) is 8.76. The SMILES string of the molecule is C#CC(C)Nc1ncnc2c1ncn2PI.CC. The lowest BCUT2D eigenvalue weighted by atomic mass is 10.3. The molecule has 0 aromatic carbocycles. The van der Waals surface area contributed by atoms with Crippen molar-refractivity contribution < 1.29 is 0 Å². The fourth-order valence-corrected chi connectivity index (χ4v) is 2.65. The molecule has 0 saturated heterocycles. The molecule has 2 aromatic rings. The van der Waals surface area contributed by atoms with Crippen LogP contribution in [0.15, 0.2) is 12.7 Å². The molecule has 0 aliphatic heterocycles. The lowest BCUT2D eigenvalue weighted by molar-refractivity contribution is 1.01. The van der Waals surface area contributed by atoms with Crippen LogP contribution in [-0.4, -0.2) is 25.3 Å². The monoisotopic (exact) mass is 375 g/mol. The van der Waals surface area contributed by atoms with Crippen molar-refractivity contribution in [3.63, 3.8) is 0 Å². The minimum absolute atomic E-state index is 0.0784. The Morgan fingerprint density at radius 1 is 1.44 bits per heavy atom. The van der Waals surface area contributed by atoms with Crippen LogP contribution in [0.4, 0.5) is 5.82 Å². The molecule has 0 spiro atoms. The number of nitrogens with zero attached hydrogens (tertiary/aromatic N) is 4. The maximum Gasteiger partial charge on any atom is 0.169 e. The van der Waals surface area contributed by atoms with Crippen LogP contribution in [0, 0.1) is 12.3 Å². The highest BCUT2D eigenvalue weighted by Gasteiger charge is 2.10. The van der Waals surface area contributed by atoms with Crippen LogP contribution < -0.4 is 5.32 Å². The van der Waals surface area contributed by atoms with Crippen molar-refractivity contribution in [1.29, 1.82) is 0 Å². The number of rotatable bonds is 3. The van der Waals surface area contributed by atoms with Gasteiger partial charge in [-0.3, -0.25) is 4.34 Å². The summed E-state index contributed by atoms with van der Waals surface area (Å²) in [6.45, 7) is 5.89. The molecule has 2 aromatic heterocycles. The maximum atomic E-state index is 5.31. The third-order valence-electron chi connectivity index (χ3n) is 2.03. The van der Waals surface area contributed by atoms with E-state index in [1.165, 1.54) is 6.33 Å². The molecule has 2 atom stereocenters. The van der Waals surface area contributed by atoms with Gasteiger partial charge in [0, 0.05) is 0 Å². The molecular formula is C11H15IN5P.